The zero-order valence-electron chi connectivity index (χ0n) is 29.5. The van der Waals surface area contributed by atoms with Gasteiger partial charge in [-0.2, -0.15) is 26.3 Å². The van der Waals surface area contributed by atoms with E-state index in [2.05, 4.69) is 43.7 Å². The summed E-state index contributed by atoms with van der Waals surface area (Å²) in [6, 6.07) is 7.66. The lowest BCUT2D eigenvalue weighted by molar-refractivity contribution is -0.144. The Morgan fingerprint density at radius 2 is 1.59 bits per heavy atom. The van der Waals surface area contributed by atoms with E-state index >= 15 is 0 Å². The van der Waals surface area contributed by atoms with E-state index in [-0.39, 0.29) is 42.0 Å². The maximum absolute atomic E-state index is 13.9. The maximum atomic E-state index is 13.9. The second kappa shape index (κ2) is 14.7. The summed E-state index contributed by atoms with van der Waals surface area (Å²) >= 11 is 0. The summed E-state index contributed by atoms with van der Waals surface area (Å²) in [5.74, 6) is -0.219. The van der Waals surface area contributed by atoms with E-state index in [1.54, 1.807) is 24.4 Å². The van der Waals surface area contributed by atoms with Crippen molar-refractivity contribution in [1.29, 1.82) is 0 Å². The fourth-order valence-electron chi connectivity index (χ4n) is 6.99. The van der Waals surface area contributed by atoms with E-state index in [0.29, 0.717) is 50.2 Å². The molecule has 1 aromatic heterocycles. The number of benzene rings is 2. The molecule has 1 N–H and O–H groups in total. The van der Waals surface area contributed by atoms with Gasteiger partial charge in [0.1, 0.15) is 5.75 Å². The van der Waals surface area contributed by atoms with E-state index in [1.807, 2.05) is 17.0 Å². The summed E-state index contributed by atoms with van der Waals surface area (Å²) < 4.78 is 89.1. The van der Waals surface area contributed by atoms with Crippen LogP contribution in [0.2, 0.25) is 0 Å². The summed E-state index contributed by atoms with van der Waals surface area (Å²) in [6.07, 6.45) is -3.75. The summed E-state index contributed by atoms with van der Waals surface area (Å²) in [5, 5.41) is 9.38. The predicted octanol–water partition coefficient (Wildman–Crippen LogP) is 9.62. The van der Waals surface area contributed by atoms with Crippen molar-refractivity contribution in [1.82, 2.24) is 9.97 Å². The number of ether oxygens (including phenoxy) is 1. The number of allylic oxidation sites excluding steroid dienone is 1. The molecule has 0 amide bonds. The molecule has 276 valence electrons. The molecule has 0 spiro atoms. The number of piperidine rings is 1. The minimum absolute atomic E-state index is 0.125. The Balaban J connectivity index is 1.60. The molecule has 0 bridgehead atoms. The molecule has 2 aromatic carbocycles. The first-order valence-corrected chi connectivity index (χ1v) is 17.1. The Hall–Kier alpha value is -4.29. The molecule has 1 aliphatic heterocycles. The molecule has 5 rings (SSSR count). The van der Waals surface area contributed by atoms with Gasteiger partial charge < -0.3 is 19.6 Å². The molecule has 1 aliphatic carbocycles. The van der Waals surface area contributed by atoms with Crippen molar-refractivity contribution in [3.63, 3.8) is 0 Å². The fourth-order valence-corrected chi connectivity index (χ4v) is 6.99. The first-order chi connectivity index (χ1) is 23.8. The topological polar surface area (TPSA) is 78.8 Å². The third kappa shape index (κ3) is 9.15. The number of methoxy groups -OCH3 is 1. The van der Waals surface area contributed by atoms with Gasteiger partial charge in [-0.1, -0.05) is 33.8 Å². The summed E-state index contributed by atoms with van der Waals surface area (Å²) in [5.41, 5.74) is 1.58. The monoisotopic (exact) mass is 718 g/mol. The van der Waals surface area contributed by atoms with Crippen LogP contribution in [0.25, 0.3) is 5.57 Å². The molecule has 0 unspecified atom stereocenters. The van der Waals surface area contributed by atoms with Crippen molar-refractivity contribution in [3.05, 3.63) is 82.2 Å². The van der Waals surface area contributed by atoms with Crippen LogP contribution in [0.15, 0.2) is 54.4 Å². The van der Waals surface area contributed by atoms with Gasteiger partial charge in [0.15, 0.2) is 0 Å². The van der Waals surface area contributed by atoms with Gasteiger partial charge in [-0.25, -0.2) is 9.97 Å². The van der Waals surface area contributed by atoms with Crippen molar-refractivity contribution < 1.29 is 41.0 Å². The Labute approximate surface area is 294 Å². The van der Waals surface area contributed by atoms with Gasteiger partial charge >= 0.3 is 18.3 Å². The minimum Gasteiger partial charge on any atom is -0.496 e. The first-order valence-electron chi connectivity index (χ1n) is 17.1. The molecule has 0 atom stereocenters. The zero-order valence-corrected chi connectivity index (χ0v) is 29.5. The first kappa shape index (κ1) is 38.0. The van der Waals surface area contributed by atoms with Crippen molar-refractivity contribution >= 4 is 23.2 Å². The highest BCUT2D eigenvalue weighted by Crippen LogP contribution is 2.46. The minimum atomic E-state index is -4.99. The summed E-state index contributed by atoms with van der Waals surface area (Å²) in [6.45, 7) is 9.24. The summed E-state index contributed by atoms with van der Waals surface area (Å²) in [7, 11) is 1.60. The molecule has 7 nitrogen and oxygen atoms in total. The Morgan fingerprint density at radius 3 is 2.12 bits per heavy atom. The number of carbonyl (C=O) groups is 1. The number of hydrogen-bond donors (Lipinski definition) is 1. The normalized spacial score (nSPS) is 17.2. The average molecular weight is 719 g/mol. The number of rotatable bonds is 10. The molecule has 1 saturated heterocycles. The molecular weight excluding hydrogens is 674 g/mol. The molecule has 1 fully saturated rings. The SMILES string of the molecule is COc1ccc(C(C)C)cc1C1=C(CN(Cc2cc(C(F)(F)F)cc(C(F)(F)F)c2)c2ncc(N3CCC(C(=O)O)CC3)cn2)CC(C)(C)CC1. The predicted molar refractivity (Wildman–Crippen MR) is 184 cm³/mol. The van der Waals surface area contributed by atoms with Crippen molar-refractivity contribution in [2.24, 2.45) is 11.3 Å². The highest BCUT2D eigenvalue weighted by Gasteiger charge is 2.37. The molecule has 51 heavy (non-hydrogen) atoms. The lowest BCUT2D eigenvalue weighted by Gasteiger charge is -2.36. The van der Waals surface area contributed by atoms with Crippen LogP contribution >= 0.6 is 0 Å². The third-order valence-corrected chi connectivity index (χ3v) is 9.91. The molecule has 2 heterocycles. The molecule has 3 aromatic rings. The molecular formula is C38H44F6N4O3. The Morgan fingerprint density at radius 1 is 0.980 bits per heavy atom. The largest absolute Gasteiger partial charge is 0.496 e. The Bertz CT molecular complexity index is 1710. The highest BCUT2D eigenvalue weighted by atomic mass is 19.4. The van der Waals surface area contributed by atoms with Crippen molar-refractivity contribution in [2.75, 3.05) is 36.5 Å². The number of alkyl halides is 6. The number of anilines is 2. The number of carboxylic acids is 1. The maximum Gasteiger partial charge on any atom is 0.416 e. The standard InChI is InChI=1S/C38H44F6N4O3/c1-23(2)26-6-7-33(51-5)32(16-26)31-8-11-36(3,4)18-27(31)22-48(21-24-14-28(37(39,40)41)17-29(15-24)38(42,43)44)35-45-19-30(20-46-35)47-12-9-25(10-13-47)34(49)50/h6-7,14-17,19-20,23,25H,8-13,18,21-22H2,1-5H3,(H,49,50). The number of hydrogen-bond acceptors (Lipinski definition) is 6. The average Bonchev–Trinajstić information content (AvgIpc) is 3.06. The van der Waals surface area contributed by atoms with Crippen LogP contribution < -0.4 is 14.5 Å². The summed E-state index contributed by atoms with van der Waals surface area (Å²) in [4.78, 5) is 24.2. The third-order valence-electron chi connectivity index (χ3n) is 9.91. The van der Waals surface area contributed by atoms with Gasteiger partial charge in [0.2, 0.25) is 5.95 Å². The lowest BCUT2D eigenvalue weighted by Crippen LogP contribution is -2.36. The van der Waals surface area contributed by atoms with Gasteiger partial charge in [-0.3, -0.25) is 4.79 Å². The van der Waals surface area contributed by atoms with E-state index in [9.17, 15) is 36.2 Å². The van der Waals surface area contributed by atoms with Crippen LogP contribution in [0.5, 0.6) is 5.75 Å². The molecule has 0 radical (unpaired) electrons. The van der Waals surface area contributed by atoms with E-state index in [0.717, 1.165) is 40.8 Å². The molecule has 2 aliphatic rings. The number of aromatic nitrogens is 2. The number of halogens is 6. The van der Waals surface area contributed by atoms with Gasteiger partial charge in [-0.15, -0.1) is 0 Å². The van der Waals surface area contributed by atoms with Crippen LogP contribution in [0, 0.1) is 11.3 Å². The zero-order chi connectivity index (χ0) is 37.3. The van der Waals surface area contributed by atoms with Gasteiger partial charge in [0.05, 0.1) is 42.2 Å². The quantitative estimate of drug-likeness (QED) is 0.209. The van der Waals surface area contributed by atoms with Crippen LogP contribution in [0.1, 0.15) is 93.5 Å². The van der Waals surface area contributed by atoms with E-state index < -0.39 is 35.4 Å². The number of carboxylic acid groups (broad SMARTS) is 1. The van der Waals surface area contributed by atoms with Gasteiger partial charge in [0.25, 0.3) is 0 Å². The highest BCUT2D eigenvalue weighted by molar-refractivity contribution is 5.75. The molecule has 13 heteroatoms. The van der Waals surface area contributed by atoms with Crippen molar-refractivity contribution in [3.8, 4) is 5.75 Å². The number of aliphatic carboxylic acids is 1. The van der Waals surface area contributed by atoms with Crippen LogP contribution in [-0.4, -0.2) is 47.8 Å². The number of nitrogens with zero attached hydrogens (tertiary/aromatic N) is 4. The Kier molecular flexibility index (Phi) is 11.0. The second-order valence-corrected chi connectivity index (χ2v) is 14.6. The van der Waals surface area contributed by atoms with Crippen molar-refractivity contribution in [2.45, 2.75) is 84.6 Å². The fraction of sp³-hybridized carbons (Fsp3) is 0.500. The smallest absolute Gasteiger partial charge is 0.416 e. The van der Waals surface area contributed by atoms with Crippen LogP contribution in [0.3, 0.4) is 0 Å². The van der Waals surface area contributed by atoms with E-state index in [4.69, 9.17) is 4.74 Å². The van der Waals surface area contributed by atoms with Gasteiger partial charge in [0, 0.05) is 31.7 Å². The van der Waals surface area contributed by atoms with Crippen LogP contribution in [0.4, 0.5) is 38.0 Å². The van der Waals surface area contributed by atoms with Crippen LogP contribution in [-0.2, 0) is 23.7 Å². The van der Waals surface area contributed by atoms with Gasteiger partial charge in [-0.05, 0) is 96.0 Å². The van der Waals surface area contributed by atoms with E-state index in [1.165, 1.54) is 0 Å². The second-order valence-electron chi connectivity index (χ2n) is 14.6. The molecule has 0 saturated carbocycles. The lowest BCUT2D eigenvalue weighted by atomic mass is 9.72.